The quantitative estimate of drug-likeness (QED) is 0.774. The number of carbonyl (C=O) groups excluding carboxylic acids is 1. The smallest absolute Gasteiger partial charge is 0.237 e. The third kappa shape index (κ3) is 4.32. The lowest BCUT2D eigenvalue weighted by Crippen LogP contribution is -2.44. The van der Waals surface area contributed by atoms with Gasteiger partial charge in [-0.2, -0.15) is 0 Å². The molecular formula is C17H23N3O. The van der Waals surface area contributed by atoms with Crippen molar-refractivity contribution in [1.82, 2.24) is 10.2 Å². The van der Waals surface area contributed by atoms with Crippen LogP contribution in [0.1, 0.15) is 30.9 Å². The van der Waals surface area contributed by atoms with Gasteiger partial charge >= 0.3 is 0 Å². The van der Waals surface area contributed by atoms with Crippen molar-refractivity contribution in [3.05, 3.63) is 35.9 Å². The molecule has 4 nitrogen and oxygen atoms in total. The Hall–Kier alpha value is -1.83. The first-order chi connectivity index (χ1) is 10.2. The van der Waals surface area contributed by atoms with Crippen molar-refractivity contribution in [2.24, 2.45) is 5.73 Å². The summed E-state index contributed by atoms with van der Waals surface area (Å²) >= 11 is 0. The average Bonchev–Trinajstić information content (AvgIpc) is 3.03. The molecule has 1 amide bonds. The van der Waals surface area contributed by atoms with Gasteiger partial charge in [0.1, 0.15) is 0 Å². The molecule has 0 spiro atoms. The number of likely N-dealkylation sites (tertiary alicyclic amines) is 1. The van der Waals surface area contributed by atoms with Crippen LogP contribution in [0, 0.1) is 12.3 Å². The Bertz CT molecular complexity index is 489. The summed E-state index contributed by atoms with van der Waals surface area (Å²) in [7, 11) is 0. The summed E-state index contributed by atoms with van der Waals surface area (Å²) in [4.78, 5) is 14.4. The van der Waals surface area contributed by atoms with E-state index in [1.807, 2.05) is 18.2 Å². The van der Waals surface area contributed by atoms with Crippen molar-refractivity contribution < 1.29 is 4.79 Å². The van der Waals surface area contributed by atoms with Crippen LogP contribution in [0.15, 0.2) is 30.3 Å². The maximum Gasteiger partial charge on any atom is 0.237 e. The van der Waals surface area contributed by atoms with Gasteiger partial charge in [-0.25, -0.2) is 0 Å². The van der Waals surface area contributed by atoms with Crippen molar-refractivity contribution in [3.8, 4) is 12.3 Å². The predicted molar refractivity (Wildman–Crippen MR) is 84.4 cm³/mol. The highest BCUT2D eigenvalue weighted by Crippen LogP contribution is 2.24. The van der Waals surface area contributed by atoms with E-state index >= 15 is 0 Å². The van der Waals surface area contributed by atoms with Gasteiger partial charge in [0.15, 0.2) is 0 Å². The second-order valence-corrected chi connectivity index (χ2v) is 5.43. The molecule has 2 atom stereocenters. The van der Waals surface area contributed by atoms with E-state index in [4.69, 9.17) is 12.2 Å². The minimum Gasteiger partial charge on any atom is -0.353 e. The summed E-state index contributed by atoms with van der Waals surface area (Å²) in [5.74, 6) is 2.25. The monoisotopic (exact) mass is 285 g/mol. The molecule has 0 radical (unpaired) electrons. The summed E-state index contributed by atoms with van der Waals surface area (Å²) < 4.78 is 0. The number of carbonyl (C=O) groups is 1. The Kier molecular flexibility index (Phi) is 5.79. The fraction of sp³-hybridized carbons (Fsp3) is 0.471. The summed E-state index contributed by atoms with van der Waals surface area (Å²) in [6.07, 6.45) is 7.90. The summed E-state index contributed by atoms with van der Waals surface area (Å²) in [5.41, 5.74) is 6.97. The maximum absolute atomic E-state index is 11.9. The van der Waals surface area contributed by atoms with Crippen molar-refractivity contribution >= 4 is 5.91 Å². The van der Waals surface area contributed by atoms with E-state index in [1.54, 1.807) is 0 Å². The lowest BCUT2D eigenvalue weighted by atomic mass is 10.1. The Morgan fingerprint density at radius 3 is 2.62 bits per heavy atom. The number of hydrogen-bond donors (Lipinski definition) is 2. The van der Waals surface area contributed by atoms with E-state index in [0.717, 1.165) is 13.1 Å². The zero-order chi connectivity index (χ0) is 15.1. The van der Waals surface area contributed by atoms with Gasteiger partial charge in [-0.1, -0.05) is 30.3 Å². The molecule has 21 heavy (non-hydrogen) atoms. The Balaban J connectivity index is 2.00. The van der Waals surface area contributed by atoms with Crippen molar-refractivity contribution in [1.29, 1.82) is 0 Å². The maximum atomic E-state index is 11.9. The number of nitrogens with two attached hydrogens (primary N) is 1. The summed E-state index contributed by atoms with van der Waals surface area (Å²) in [6, 6.07) is 9.87. The lowest BCUT2D eigenvalue weighted by molar-refractivity contribution is -0.122. The lowest BCUT2D eigenvalue weighted by Gasteiger charge is -2.28. The minimum absolute atomic E-state index is 0.173. The van der Waals surface area contributed by atoms with Crippen LogP contribution in [0.4, 0.5) is 0 Å². The fourth-order valence-corrected chi connectivity index (χ4v) is 2.73. The molecule has 3 N–H and O–H groups in total. The van der Waals surface area contributed by atoms with Gasteiger partial charge < -0.3 is 11.1 Å². The molecule has 1 aromatic carbocycles. The number of nitrogens with zero attached hydrogens (tertiary/aromatic N) is 1. The number of benzene rings is 1. The predicted octanol–water partition coefficient (Wildman–Crippen LogP) is 1.29. The van der Waals surface area contributed by atoms with Gasteiger partial charge in [0.25, 0.3) is 0 Å². The first-order valence-corrected chi connectivity index (χ1v) is 7.48. The highest BCUT2D eigenvalue weighted by Gasteiger charge is 2.24. The molecule has 0 saturated carbocycles. The SMILES string of the molecule is C#CCC(N)C(=O)NCC(c1ccccc1)N1CCCC1. The topological polar surface area (TPSA) is 58.4 Å². The van der Waals surface area contributed by atoms with E-state index < -0.39 is 6.04 Å². The van der Waals surface area contributed by atoms with Gasteiger partial charge in [-0.15, -0.1) is 12.3 Å². The van der Waals surface area contributed by atoms with Gasteiger partial charge in [0.2, 0.25) is 5.91 Å². The number of amides is 1. The van der Waals surface area contributed by atoms with Crippen LogP contribution in [0.25, 0.3) is 0 Å². The molecule has 112 valence electrons. The van der Waals surface area contributed by atoms with E-state index in [0.29, 0.717) is 6.54 Å². The third-order valence-electron chi connectivity index (χ3n) is 3.91. The molecule has 1 aliphatic heterocycles. The van der Waals surface area contributed by atoms with Crippen molar-refractivity contribution in [2.45, 2.75) is 31.3 Å². The molecule has 1 heterocycles. The van der Waals surface area contributed by atoms with Crippen LogP contribution >= 0.6 is 0 Å². The van der Waals surface area contributed by atoms with Gasteiger partial charge in [0.05, 0.1) is 12.1 Å². The Labute approximate surface area is 126 Å². The molecule has 0 aliphatic carbocycles. The molecule has 1 saturated heterocycles. The van der Waals surface area contributed by atoms with Gasteiger partial charge in [-0.05, 0) is 31.5 Å². The number of rotatable bonds is 6. The molecule has 2 unspecified atom stereocenters. The van der Waals surface area contributed by atoms with Crippen molar-refractivity contribution in [3.63, 3.8) is 0 Å². The first-order valence-electron chi connectivity index (χ1n) is 7.48. The minimum atomic E-state index is -0.620. The van der Waals surface area contributed by atoms with Crippen LogP contribution in [0.5, 0.6) is 0 Å². The molecule has 4 heteroatoms. The second kappa shape index (κ2) is 7.82. The van der Waals surface area contributed by atoms with E-state index in [2.05, 4.69) is 28.3 Å². The number of nitrogens with one attached hydrogen (secondary N) is 1. The average molecular weight is 285 g/mol. The van der Waals surface area contributed by atoms with Gasteiger partial charge in [-0.3, -0.25) is 9.69 Å². The normalized spacial score (nSPS) is 17.9. The Morgan fingerprint density at radius 1 is 1.33 bits per heavy atom. The van der Waals surface area contributed by atoms with Crippen LogP contribution in [0.2, 0.25) is 0 Å². The number of terminal acetylenes is 1. The third-order valence-corrected chi connectivity index (χ3v) is 3.91. The molecular weight excluding hydrogens is 262 g/mol. The summed E-state index contributed by atoms with van der Waals surface area (Å²) in [5, 5.41) is 2.94. The highest BCUT2D eigenvalue weighted by atomic mass is 16.2. The summed E-state index contributed by atoms with van der Waals surface area (Å²) in [6.45, 7) is 2.72. The zero-order valence-electron chi connectivity index (χ0n) is 12.3. The molecule has 1 aliphatic rings. The first kappa shape index (κ1) is 15.6. The molecule has 0 bridgehead atoms. The van der Waals surface area contributed by atoms with Crippen molar-refractivity contribution in [2.75, 3.05) is 19.6 Å². The second-order valence-electron chi connectivity index (χ2n) is 5.43. The van der Waals surface area contributed by atoms with Crippen LogP contribution in [-0.4, -0.2) is 36.5 Å². The van der Waals surface area contributed by atoms with Gasteiger partial charge in [0, 0.05) is 13.0 Å². The highest BCUT2D eigenvalue weighted by molar-refractivity contribution is 5.81. The molecule has 0 aromatic heterocycles. The van der Waals surface area contributed by atoms with E-state index in [-0.39, 0.29) is 18.4 Å². The molecule has 1 aromatic rings. The molecule has 2 rings (SSSR count). The molecule has 1 fully saturated rings. The van der Waals surface area contributed by atoms with Crippen LogP contribution in [-0.2, 0) is 4.79 Å². The van der Waals surface area contributed by atoms with Crippen LogP contribution in [0.3, 0.4) is 0 Å². The Morgan fingerprint density at radius 2 is 2.00 bits per heavy atom. The standard InChI is InChI=1S/C17H23N3O/c1-2-8-15(18)17(21)19-13-16(20-11-6-7-12-20)14-9-4-3-5-10-14/h1,3-5,9-10,15-16H,6-8,11-13,18H2,(H,19,21). The largest absolute Gasteiger partial charge is 0.353 e. The van der Waals surface area contributed by atoms with E-state index in [9.17, 15) is 4.79 Å². The zero-order valence-corrected chi connectivity index (χ0v) is 12.3. The van der Waals surface area contributed by atoms with Crippen LogP contribution < -0.4 is 11.1 Å². The fourth-order valence-electron chi connectivity index (χ4n) is 2.73. The van der Waals surface area contributed by atoms with E-state index in [1.165, 1.54) is 18.4 Å². The number of hydrogen-bond acceptors (Lipinski definition) is 3.